The van der Waals surface area contributed by atoms with Crippen LogP contribution in [-0.4, -0.2) is 25.9 Å². The van der Waals surface area contributed by atoms with Gasteiger partial charge < -0.3 is 5.32 Å². The summed E-state index contributed by atoms with van der Waals surface area (Å²) in [5.41, 5.74) is 1.95. The highest BCUT2D eigenvalue weighted by Gasteiger charge is 2.14. The Balaban J connectivity index is 1.81. The summed E-state index contributed by atoms with van der Waals surface area (Å²) in [6.45, 7) is 6.16. The molecule has 0 saturated carbocycles. The van der Waals surface area contributed by atoms with Gasteiger partial charge >= 0.3 is 0 Å². The van der Waals surface area contributed by atoms with Crippen molar-refractivity contribution in [3.05, 3.63) is 45.4 Å². The number of nitrogens with one attached hydrogen (secondary N) is 2. The van der Waals surface area contributed by atoms with Crippen molar-refractivity contribution in [2.75, 3.05) is 6.54 Å². The number of amides is 1. The van der Waals surface area contributed by atoms with Crippen LogP contribution in [0.1, 0.15) is 27.4 Å². The van der Waals surface area contributed by atoms with E-state index in [2.05, 4.69) is 15.0 Å². The molecule has 0 unspecified atom stereocenters. The normalized spacial score (nSPS) is 11.5. The van der Waals surface area contributed by atoms with Crippen LogP contribution in [-0.2, 0) is 21.4 Å². The molecular weight excluding hydrogens is 346 g/mol. The van der Waals surface area contributed by atoms with Crippen LogP contribution < -0.4 is 10.0 Å². The lowest BCUT2D eigenvalue weighted by Crippen LogP contribution is -2.30. The molecule has 0 bridgehead atoms. The maximum atomic E-state index is 12.2. The van der Waals surface area contributed by atoms with Crippen molar-refractivity contribution >= 4 is 27.3 Å². The molecule has 1 aromatic carbocycles. The second-order valence-electron chi connectivity index (χ2n) is 5.52. The van der Waals surface area contributed by atoms with E-state index in [1.165, 1.54) is 11.3 Å². The molecule has 2 aromatic rings. The number of carbonyl (C=O) groups excluding carboxylic acids is 1. The zero-order valence-electron chi connectivity index (χ0n) is 13.9. The van der Waals surface area contributed by atoms with Crippen LogP contribution in [0.15, 0.2) is 29.3 Å². The summed E-state index contributed by atoms with van der Waals surface area (Å²) in [4.78, 5) is 17.1. The van der Waals surface area contributed by atoms with E-state index >= 15 is 0 Å². The molecule has 0 radical (unpaired) electrons. The van der Waals surface area contributed by atoms with Crippen molar-refractivity contribution in [1.29, 1.82) is 0 Å². The van der Waals surface area contributed by atoms with Gasteiger partial charge in [0.2, 0.25) is 15.9 Å². The predicted octanol–water partition coefficient (Wildman–Crippen LogP) is 2.05. The summed E-state index contributed by atoms with van der Waals surface area (Å²) in [6.07, 6.45) is 1.81. The smallest absolute Gasteiger partial charge is 0.240 e. The molecule has 2 rings (SSSR count). The molecule has 0 saturated heterocycles. The summed E-state index contributed by atoms with van der Waals surface area (Å²) in [5, 5.41) is 3.70. The van der Waals surface area contributed by atoms with E-state index in [1.54, 1.807) is 24.4 Å². The van der Waals surface area contributed by atoms with E-state index in [1.807, 2.05) is 20.8 Å². The Morgan fingerprint density at radius 2 is 1.96 bits per heavy atom. The Labute approximate surface area is 146 Å². The highest BCUT2D eigenvalue weighted by molar-refractivity contribution is 7.89. The number of aryl methyl sites for hydroxylation is 3. The number of thiazole rings is 1. The Bertz CT molecular complexity index is 829. The summed E-state index contributed by atoms with van der Waals surface area (Å²) in [5.74, 6) is -0.205. The molecule has 130 valence electrons. The van der Waals surface area contributed by atoms with Crippen LogP contribution in [0.3, 0.4) is 0 Å². The Kier molecular flexibility index (Phi) is 6.09. The molecule has 1 amide bonds. The maximum Gasteiger partial charge on any atom is 0.240 e. The molecule has 1 heterocycles. The van der Waals surface area contributed by atoms with Gasteiger partial charge in [0.05, 0.1) is 16.4 Å². The van der Waals surface area contributed by atoms with Crippen molar-refractivity contribution in [1.82, 2.24) is 15.0 Å². The molecule has 0 spiro atoms. The summed E-state index contributed by atoms with van der Waals surface area (Å²) < 4.78 is 26.9. The molecule has 0 aliphatic heterocycles. The molecule has 0 aliphatic rings. The number of aromatic nitrogens is 1. The van der Waals surface area contributed by atoms with Gasteiger partial charge in [0.25, 0.3) is 0 Å². The zero-order chi connectivity index (χ0) is 17.7. The third-order valence-corrected chi connectivity index (χ3v) is 5.93. The minimum Gasteiger partial charge on any atom is -0.351 e. The van der Waals surface area contributed by atoms with E-state index in [-0.39, 0.29) is 23.8 Å². The van der Waals surface area contributed by atoms with Crippen LogP contribution in [0.4, 0.5) is 0 Å². The molecule has 0 fully saturated rings. The van der Waals surface area contributed by atoms with Gasteiger partial charge in [-0.1, -0.05) is 6.07 Å². The fourth-order valence-corrected chi connectivity index (χ4v) is 3.88. The number of nitrogens with zero attached hydrogens (tertiary/aromatic N) is 1. The maximum absolute atomic E-state index is 12.2. The van der Waals surface area contributed by atoms with E-state index in [4.69, 9.17) is 0 Å². The van der Waals surface area contributed by atoms with Gasteiger partial charge in [-0.05, 0) is 44.0 Å². The van der Waals surface area contributed by atoms with Crippen LogP contribution in [0.2, 0.25) is 0 Å². The van der Waals surface area contributed by atoms with E-state index in [0.29, 0.717) is 6.54 Å². The monoisotopic (exact) mass is 367 g/mol. The van der Waals surface area contributed by atoms with Crippen LogP contribution in [0.5, 0.6) is 0 Å². The van der Waals surface area contributed by atoms with Crippen molar-refractivity contribution in [3.63, 3.8) is 0 Å². The lowest BCUT2D eigenvalue weighted by molar-refractivity contribution is -0.121. The SMILES string of the molecule is Cc1ncc(CNC(=O)CCNS(=O)(=O)c2ccc(C)c(C)c2)s1. The molecular formula is C16H21N3O3S2. The standard InChI is InChI=1S/C16H21N3O3S2/c1-11-4-5-15(8-12(11)2)24(21,22)19-7-6-16(20)18-10-14-9-17-13(3)23-14/h4-5,8-9,19H,6-7,10H2,1-3H3,(H,18,20). The van der Waals surface area contributed by atoms with Crippen LogP contribution in [0, 0.1) is 20.8 Å². The molecule has 0 atom stereocenters. The van der Waals surface area contributed by atoms with Crippen LogP contribution in [0.25, 0.3) is 0 Å². The third-order valence-electron chi connectivity index (χ3n) is 3.56. The van der Waals surface area contributed by atoms with Gasteiger partial charge in [-0.3, -0.25) is 4.79 Å². The number of hydrogen-bond donors (Lipinski definition) is 2. The average Bonchev–Trinajstić information content (AvgIpc) is 2.93. The lowest BCUT2D eigenvalue weighted by Gasteiger charge is -2.09. The summed E-state index contributed by atoms with van der Waals surface area (Å²) in [6, 6.07) is 4.97. The molecule has 0 aliphatic carbocycles. The quantitative estimate of drug-likeness (QED) is 0.784. The highest BCUT2D eigenvalue weighted by Crippen LogP contribution is 2.14. The fraction of sp³-hybridized carbons (Fsp3) is 0.375. The minimum atomic E-state index is -3.60. The fourth-order valence-electron chi connectivity index (χ4n) is 2.02. The van der Waals surface area contributed by atoms with Crippen molar-refractivity contribution in [2.24, 2.45) is 0 Å². The first-order valence-electron chi connectivity index (χ1n) is 7.53. The van der Waals surface area contributed by atoms with Crippen molar-refractivity contribution in [3.8, 4) is 0 Å². The number of hydrogen-bond acceptors (Lipinski definition) is 5. The lowest BCUT2D eigenvalue weighted by atomic mass is 10.1. The largest absolute Gasteiger partial charge is 0.351 e. The first-order chi connectivity index (χ1) is 11.3. The third kappa shape index (κ3) is 5.12. The number of carbonyl (C=O) groups is 1. The van der Waals surface area contributed by atoms with Gasteiger partial charge in [-0.15, -0.1) is 11.3 Å². The average molecular weight is 367 g/mol. The first-order valence-corrected chi connectivity index (χ1v) is 9.83. The second-order valence-corrected chi connectivity index (χ2v) is 8.60. The van der Waals surface area contributed by atoms with E-state index in [9.17, 15) is 13.2 Å². The van der Waals surface area contributed by atoms with Gasteiger partial charge in [-0.2, -0.15) is 0 Å². The van der Waals surface area contributed by atoms with Crippen LogP contribution >= 0.6 is 11.3 Å². The van der Waals surface area contributed by atoms with Gasteiger partial charge in [-0.25, -0.2) is 18.1 Å². The molecule has 1 aromatic heterocycles. The summed E-state index contributed by atoms with van der Waals surface area (Å²) >= 11 is 1.52. The molecule has 8 heteroatoms. The number of sulfonamides is 1. The topological polar surface area (TPSA) is 88.2 Å². The summed E-state index contributed by atoms with van der Waals surface area (Å²) in [7, 11) is -3.60. The van der Waals surface area contributed by atoms with Crippen molar-refractivity contribution < 1.29 is 13.2 Å². The van der Waals surface area contributed by atoms with E-state index in [0.717, 1.165) is 21.0 Å². The zero-order valence-corrected chi connectivity index (χ0v) is 15.6. The molecule has 6 nitrogen and oxygen atoms in total. The predicted molar refractivity (Wildman–Crippen MR) is 94.4 cm³/mol. The number of benzene rings is 1. The van der Waals surface area contributed by atoms with E-state index < -0.39 is 10.0 Å². The molecule has 24 heavy (non-hydrogen) atoms. The Morgan fingerprint density at radius 3 is 2.58 bits per heavy atom. The van der Waals surface area contributed by atoms with Gasteiger partial charge in [0.15, 0.2) is 0 Å². The Morgan fingerprint density at radius 1 is 1.21 bits per heavy atom. The first kappa shape index (κ1) is 18.6. The minimum absolute atomic E-state index is 0.0583. The second kappa shape index (κ2) is 7.87. The van der Waals surface area contributed by atoms with Gasteiger partial charge in [0.1, 0.15) is 0 Å². The Hall–Kier alpha value is -1.77. The number of rotatable bonds is 7. The highest BCUT2D eigenvalue weighted by atomic mass is 32.2. The van der Waals surface area contributed by atoms with Crippen molar-refractivity contribution in [2.45, 2.75) is 38.6 Å². The van der Waals surface area contributed by atoms with Gasteiger partial charge in [0, 0.05) is 24.0 Å². The molecule has 2 N–H and O–H groups in total.